The highest BCUT2D eigenvalue weighted by atomic mass is 16.6. The SMILES string of the molecule is C=C1CN(C)CC(=O)OB(C(C)C)O1.CC(C)B1OCCN(C)CCO1. The summed E-state index contributed by atoms with van der Waals surface area (Å²) in [5.41, 5.74) is 0. The lowest BCUT2D eigenvalue weighted by atomic mass is 9.74. The van der Waals surface area contributed by atoms with Crippen LogP contribution in [0.5, 0.6) is 0 Å². The van der Waals surface area contributed by atoms with E-state index in [2.05, 4.69) is 32.4 Å². The predicted octanol–water partition coefficient (Wildman–Crippen LogP) is 1.77. The molecule has 0 saturated carbocycles. The van der Waals surface area contributed by atoms with Gasteiger partial charge in [0.2, 0.25) is 0 Å². The van der Waals surface area contributed by atoms with Crippen LogP contribution in [0, 0.1) is 0 Å². The molecular weight excluding hydrogens is 334 g/mol. The number of nitrogens with zero attached hydrogens (tertiary/aromatic N) is 2. The lowest BCUT2D eigenvalue weighted by molar-refractivity contribution is -0.137. The van der Waals surface area contributed by atoms with Gasteiger partial charge < -0.3 is 23.5 Å². The smallest absolute Gasteiger partial charge is 0.528 e. The number of hydrogen-bond acceptors (Lipinski definition) is 7. The van der Waals surface area contributed by atoms with E-state index in [0.29, 0.717) is 18.1 Å². The second-order valence-electron chi connectivity index (χ2n) is 7.59. The van der Waals surface area contributed by atoms with Gasteiger partial charge in [-0.15, -0.1) is 0 Å². The van der Waals surface area contributed by atoms with Crippen molar-refractivity contribution in [2.45, 2.75) is 39.3 Å². The van der Waals surface area contributed by atoms with E-state index >= 15 is 0 Å². The summed E-state index contributed by atoms with van der Waals surface area (Å²) < 4.78 is 21.6. The Bertz CT molecular complexity index is 421. The average molecular weight is 368 g/mol. The maximum atomic E-state index is 11.3. The summed E-state index contributed by atoms with van der Waals surface area (Å²) in [7, 11) is 3.41. The van der Waals surface area contributed by atoms with E-state index in [1.54, 1.807) is 4.90 Å². The van der Waals surface area contributed by atoms with Crippen LogP contribution in [0.3, 0.4) is 0 Å². The Labute approximate surface area is 159 Å². The minimum absolute atomic E-state index is 0.00120. The molecule has 0 spiro atoms. The summed E-state index contributed by atoms with van der Waals surface area (Å²) in [5, 5.41) is 0. The van der Waals surface area contributed by atoms with Gasteiger partial charge in [-0.05, 0) is 19.9 Å². The minimum Gasteiger partial charge on any atom is -0.528 e. The topological polar surface area (TPSA) is 60.5 Å². The van der Waals surface area contributed by atoms with E-state index in [4.69, 9.17) is 18.6 Å². The van der Waals surface area contributed by atoms with Crippen LogP contribution in [-0.2, 0) is 23.4 Å². The van der Waals surface area contributed by atoms with E-state index in [-0.39, 0.29) is 25.4 Å². The lowest BCUT2D eigenvalue weighted by Crippen LogP contribution is -2.39. The second-order valence-corrected chi connectivity index (χ2v) is 7.59. The minimum atomic E-state index is -0.497. The summed E-state index contributed by atoms with van der Waals surface area (Å²) in [6.07, 6.45) is 0. The molecule has 0 aromatic rings. The third kappa shape index (κ3) is 9.07. The summed E-state index contributed by atoms with van der Waals surface area (Å²) in [5.74, 6) is 0.977. The molecule has 0 aliphatic carbocycles. The van der Waals surface area contributed by atoms with Gasteiger partial charge in [0.15, 0.2) is 0 Å². The zero-order valence-corrected chi connectivity index (χ0v) is 17.2. The van der Waals surface area contributed by atoms with Gasteiger partial charge in [0.1, 0.15) is 0 Å². The Morgan fingerprint density at radius 2 is 1.42 bits per heavy atom. The number of carbonyl (C=O) groups is 1. The van der Waals surface area contributed by atoms with Crippen molar-refractivity contribution < 1.29 is 23.4 Å². The van der Waals surface area contributed by atoms with Gasteiger partial charge in [0.05, 0.1) is 18.8 Å². The van der Waals surface area contributed by atoms with Crippen LogP contribution in [0.2, 0.25) is 11.6 Å². The van der Waals surface area contributed by atoms with Gasteiger partial charge in [-0.2, -0.15) is 0 Å². The lowest BCUT2D eigenvalue weighted by Gasteiger charge is -2.26. The van der Waals surface area contributed by atoms with Crippen LogP contribution in [-0.4, -0.2) is 83.5 Å². The molecule has 2 aliphatic heterocycles. The molecule has 0 unspecified atom stereocenters. The van der Waals surface area contributed by atoms with Crippen LogP contribution >= 0.6 is 0 Å². The van der Waals surface area contributed by atoms with Crippen molar-refractivity contribution in [1.82, 2.24) is 9.80 Å². The molecule has 0 N–H and O–H groups in total. The highest BCUT2D eigenvalue weighted by Gasteiger charge is 2.32. The number of likely N-dealkylation sites (N-methyl/N-ethyl adjacent to an activating group) is 2. The number of carbonyl (C=O) groups excluding carboxylic acids is 1. The van der Waals surface area contributed by atoms with Gasteiger partial charge in [0.25, 0.3) is 0 Å². The van der Waals surface area contributed by atoms with Crippen molar-refractivity contribution in [1.29, 1.82) is 0 Å². The first kappa shape index (κ1) is 23.0. The average Bonchev–Trinajstić information content (AvgIpc) is 2.48. The van der Waals surface area contributed by atoms with E-state index in [1.807, 2.05) is 20.9 Å². The molecule has 0 aromatic carbocycles. The molecule has 148 valence electrons. The first-order valence-electron chi connectivity index (χ1n) is 9.33. The predicted molar refractivity (Wildman–Crippen MR) is 105 cm³/mol. The van der Waals surface area contributed by atoms with Crippen molar-refractivity contribution in [2.24, 2.45) is 0 Å². The second kappa shape index (κ2) is 11.6. The fourth-order valence-electron chi connectivity index (χ4n) is 2.44. The summed E-state index contributed by atoms with van der Waals surface area (Å²) in [6.45, 7) is 16.3. The molecule has 7 nitrogen and oxygen atoms in total. The first-order chi connectivity index (χ1) is 12.2. The summed E-state index contributed by atoms with van der Waals surface area (Å²) >= 11 is 0. The monoisotopic (exact) mass is 368 g/mol. The van der Waals surface area contributed by atoms with Gasteiger partial charge in [-0.1, -0.05) is 34.3 Å². The molecule has 0 atom stereocenters. The Morgan fingerprint density at radius 3 is 1.92 bits per heavy atom. The zero-order chi connectivity index (χ0) is 19.7. The largest absolute Gasteiger partial charge is 0.599 e. The first-order valence-corrected chi connectivity index (χ1v) is 9.33. The molecular formula is C17H34B2N2O5. The van der Waals surface area contributed by atoms with Crippen LogP contribution < -0.4 is 0 Å². The highest BCUT2D eigenvalue weighted by Crippen LogP contribution is 2.16. The van der Waals surface area contributed by atoms with Gasteiger partial charge in [-0.25, -0.2) is 0 Å². The maximum Gasteiger partial charge on any atom is 0.599 e. The molecule has 2 fully saturated rings. The molecule has 2 saturated heterocycles. The molecule has 2 rings (SSSR count). The number of hydrogen-bond donors (Lipinski definition) is 0. The fraction of sp³-hybridized carbons (Fsp3) is 0.824. The molecule has 9 heteroatoms. The van der Waals surface area contributed by atoms with Gasteiger partial charge in [-0.3, -0.25) is 9.69 Å². The Morgan fingerprint density at radius 1 is 0.885 bits per heavy atom. The normalized spacial score (nSPS) is 21.2. The van der Waals surface area contributed by atoms with Gasteiger partial charge >= 0.3 is 20.2 Å². The van der Waals surface area contributed by atoms with E-state index < -0.39 is 7.12 Å². The highest BCUT2D eigenvalue weighted by molar-refractivity contribution is 6.48. The quantitative estimate of drug-likeness (QED) is 0.689. The molecule has 0 bridgehead atoms. The van der Waals surface area contributed by atoms with Crippen molar-refractivity contribution in [3.63, 3.8) is 0 Å². The zero-order valence-electron chi connectivity index (χ0n) is 17.2. The van der Waals surface area contributed by atoms with Crippen molar-refractivity contribution in [3.8, 4) is 0 Å². The van der Waals surface area contributed by atoms with E-state index in [9.17, 15) is 4.79 Å². The third-order valence-corrected chi connectivity index (χ3v) is 3.97. The van der Waals surface area contributed by atoms with Crippen LogP contribution in [0.1, 0.15) is 27.7 Å². The number of rotatable bonds is 2. The Kier molecular flexibility index (Phi) is 10.3. The standard InChI is InChI=1S/C9H16BNO3.C8H18BNO2/c1-7(2)10-13-8(3)5-11(4)6-9(12)14-10;1-8(2)9-11-6-4-10(3)5-7-12-9/h7H,3,5-6H2,1-2,4H3;8H,4-7H2,1-3H3. The molecule has 0 radical (unpaired) electrons. The van der Waals surface area contributed by atoms with Crippen LogP contribution in [0.25, 0.3) is 0 Å². The maximum absolute atomic E-state index is 11.3. The molecule has 0 aromatic heterocycles. The molecule has 26 heavy (non-hydrogen) atoms. The van der Waals surface area contributed by atoms with E-state index in [0.717, 1.165) is 26.3 Å². The third-order valence-electron chi connectivity index (χ3n) is 3.97. The van der Waals surface area contributed by atoms with Crippen LogP contribution in [0.15, 0.2) is 12.3 Å². The van der Waals surface area contributed by atoms with Crippen molar-refractivity contribution >= 4 is 20.2 Å². The van der Waals surface area contributed by atoms with Crippen molar-refractivity contribution in [3.05, 3.63) is 12.3 Å². The summed E-state index contributed by atoms with van der Waals surface area (Å²) in [6, 6.07) is 0. The Balaban J connectivity index is 0.000000263. The molecule has 0 amide bonds. The van der Waals surface area contributed by atoms with Crippen LogP contribution in [0.4, 0.5) is 0 Å². The summed E-state index contributed by atoms with van der Waals surface area (Å²) in [4.78, 5) is 15.3. The van der Waals surface area contributed by atoms with E-state index in [1.165, 1.54) is 0 Å². The fourth-order valence-corrected chi connectivity index (χ4v) is 2.44. The molecule has 2 heterocycles. The Hall–Kier alpha value is -1.02. The van der Waals surface area contributed by atoms with Crippen molar-refractivity contribution in [2.75, 3.05) is 53.5 Å². The molecule has 2 aliphatic rings. The van der Waals surface area contributed by atoms with Gasteiger partial charge in [0, 0.05) is 32.1 Å².